The predicted molar refractivity (Wildman–Crippen MR) is 101 cm³/mol. The standard InChI is InChI=1S/C19H20N2OS2/c1-14(2)21(12-15-7-4-3-5-8-15)18(22)11-16-13-24-19(20-16)17-9-6-10-23-17/h3-10,13-14H,11-12H2,1-2H3. The van der Waals surface area contributed by atoms with Gasteiger partial charge in [-0.15, -0.1) is 22.7 Å². The van der Waals surface area contributed by atoms with E-state index in [4.69, 9.17) is 0 Å². The van der Waals surface area contributed by atoms with E-state index in [1.54, 1.807) is 22.7 Å². The lowest BCUT2D eigenvalue weighted by molar-refractivity contribution is -0.132. The van der Waals surface area contributed by atoms with E-state index >= 15 is 0 Å². The summed E-state index contributed by atoms with van der Waals surface area (Å²) in [7, 11) is 0. The van der Waals surface area contributed by atoms with Crippen LogP contribution < -0.4 is 0 Å². The molecule has 0 aliphatic carbocycles. The van der Waals surface area contributed by atoms with E-state index in [0.29, 0.717) is 13.0 Å². The van der Waals surface area contributed by atoms with Gasteiger partial charge >= 0.3 is 0 Å². The number of hydrogen-bond acceptors (Lipinski definition) is 4. The summed E-state index contributed by atoms with van der Waals surface area (Å²) in [6.45, 7) is 4.75. The van der Waals surface area contributed by atoms with Crippen molar-refractivity contribution in [3.05, 3.63) is 64.5 Å². The molecule has 2 heterocycles. The van der Waals surface area contributed by atoms with Crippen LogP contribution in [0.15, 0.2) is 53.2 Å². The summed E-state index contributed by atoms with van der Waals surface area (Å²) in [5.41, 5.74) is 2.00. The third-order valence-electron chi connectivity index (χ3n) is 3.76. The second kappa shape index (κ2) is 7.73. The predicted octanol–water partition coefficient (Wildman–Crippen LogP) is 4.85. The van der Waals surface area contributed by atoms with Crippen LogP contribution in [0.25, 0.3) is 9.88 Å². The molecule has 1 aromatic carbocycles. The summed E-state index contributed by atoms with van der Waals surface area (Å²) in [5, 5.41) is 5.03. The van der Waals surface area contributed by atoms with Gasteiger partial charge in [0.05, 0.1) is 17.0 Å². The van der Waals surface area contributed by atoms with E-state index in [-0.39, 0.29) is 11.9 Å². The first-order valence-corrected chi connectivity index (χ1v) is 9.71. The van der Waals surface area contributed by atoms with Crippen LogP contribution >= 0.6 is 22.7 Å². The lowest BCUT2D eigenvalue weighted by atomic mass is 10.1. The number of carbonyl (C=O) groups excluding carboxylic acids is 1. The Labute approximate surface area is 150 Å². The summed E-state index contributed by atoms with van der Waals surface area (Å²) >= 11 is 3.28. The molecule has 0 spiro atoms. The van der Waals surface area contributed by atoms with E-state index in [9.17, 15) is 4.79 Å². The molecule has 0 aliphatic rings. The molecular weight excluding hydrogens is 336 g/mol. The lowest BCUT2D eigenvalue weighted by Crippen LogP contribution is -2.37. The summed E-state index contributed by atoms with van der Waals surface area (Å²) in [5.74, 6) is 0.122. The molecule has 3 rings (SSSR count). The Hall–Kier alpha value is -1.98. The Kier molecular flexibility index (Phi) is 5.43. The van der Waals surface area contributed by atoms with Gasteiger partial charge in [-0.25, -0.2) is 4.98 Å². The molecule has 0 radical (unpaired) electrons. The first kappa shape index (κ1) is 16.9. The van der Waals surface area contributed by atoms with Crippen molar-refractivity contribution < 1.29 is 4.79 Å². The zero-order chi connectivity index (χ0) is 16.9. The van der Waals surface area contributed by atoms with Crippen molar-refractivity contribution in [1.29, 1.82) is 0 Å². The van der Waals surface area contributed by atoms with E-state index in [0.717, 1.165) is 21.1 Å². The number of thiazole rings is 1. The fourth-order valence-corrected chi connectivity index (χ4v) is 4.13. The Morgan fingerprint density at radius 1 is 1.12 bits per heavy atom. The molecule has 0 aliphatic heterocycles. The number of carbonyl (C=O) groups is 1. The van der Waals surface area contributed by atoms with Crippen LogP contribution in [-0.2, 0) is 17.8 Å². The highest BCUT2D eigenvalue weighted by Crippen LogP contribution is 2.28. The number of amides is 1. The Morgan fingerprint density at radius 2 is 1.92 bits per heavy atom. The Bertz CT molecular complexity index is 779. The van der Waals surface area contributed by atoms with E-state index in [2.05, 4.69) is 37.0 Å². The van der Waals surface area contributed by atoms with Gasteiger partial charge in [-0.1, -0.05) is 36.4 Å². The molecule has 2 aromatic heterocycles. The lowest BCUT2D eigenvalue weighted by Gasteiger charge is -2.26. The topological polar surface area (TPSA) is 33.2 Å². The van der Waals surface area contributed by atoms with Crippen molar-refractivity contribution in [2.75, 3.05) is 0 Å². The van der Waals surface area contributed by atoms with E-state index in [1.807, 2.05) is 39.9 Å². The van der Waals surface area contributed by atoms with Gasteiger partial charge in [-0.05, 0) is 30.9 Å². The van der Waals surface area contributed by atoms with Crippen LogP contribution in [0.5, 0.6) is 0 Å². The van der Waals surface area contributed by atoms with Crippen LogP contribution in [0.2, 0.25) is 0 Å². The SMILES string of the molecule is CC(C)N(Cc1ccccc1)C(=O)Cc1csc(-c2cccs2)n1. The molecule has 0 bridgehead atoms. The molecule has 0 fully saturated rings. The first-order valence-electron chi connectivity index (χ1n) is 7.95. The molecule has 0 saturated carbocycles. The van der Waals surface area contributed by atoms with Gasteiger partial charge in [0.25, 0.3) is 0 Å². The van der Waals surface area contributed by atoms with Gasteiger partial charge in [-0.2, -0.15) is 0 Å². The molecule has 0 atom stereocenters. The molecule has 1 amide bonds. The maximum Gasteiger partial charge on any atom is 0.229 e. The van der Waals surface area contributed by atoms with Crippen LogP contribution in [0.3, 0.4) is 0 Å². The second-order valence-corrected chi connectivity index (χ2v) is 7.70. The molecule has 24 heavy (non-hydrogen) atoms. The van der Waals surface area contributed by atoms with Crippen molar-refractivity contribution in [2.45, 2.75) is 32.9 Å². The van der Waals surface area contributed by atoms with Crippen molar-refractivity contribution >= 4 is 28.6 Å². The van der Waals surface area contributed by atoms with Crippen LogP contribution in [0, 0.1) is 0 Å². The Morgan fingerprint density at radius 3 is 2.58 bits per heavy atom. The van der Waals surface area contributed by atoms with Crippen molar-refractivity contribution in [3.8, 4) is 9.88 Å². The molecule has 0 N–H and O–H groups in total. The number of hydrogen-bond donors (Lipinski definition) is 0. The maximum absolute atomic E-state index is 12.7. The van der Waals surface area contributed by atoms with Crippen molar-refractivity contribution in [1.82, 2.24) is 9.88 Å². The summed E-state index contributed by atoms with van der Waals surface area (Å²) in [4.78, 5) is 20.4. The molecule has 3 nitrogen and oxygen atoms in total. The number of benzene rings is 1. The molecular formula is C19H20N2OS2. The van der Waals surface area contributed by atoms with Crippen molar-refractivity contribution in [2.24, 2.45) is 0 Å². The third-order valence-corrected chi connectivity index (χ3v) is 5.69. The minimum atomic E-state index is 0.122. The summed E-state index contributed by atoms with van der Waals surface area (Å²) < 4.78 is 0. The summed E-state index contributed by atoms with van der Waals surface area (Å²) in [6, 6.07) is 14.4. The maximum atomic E-state index is 12.7. The normalized spacial score (nSPS) is 11.0. The molecule has 0 saturated heterocycles. The van der Waals surface area contributed by atoms with Gasteiger partial charge in [0, 0.05) is 18.0 Å². The van der Waals surface area contributed by atoms with Gasteiger partial charge in [0.1, 0.15) is 5.01 Å². The minimum absolute atomic E-state index is 0.122. The Balaban J connectivity index is 1.70. The average Bonchev–Trinajstić information content (AvgIpc) is 3.24. The minimum Gasteiger partial charge on any atom is -0.336 e. The van der Waals surface area contributed by atoms with Crippen LogP contribution in [0.4, 0.5) is 0 Å². The van der Waals surface area contributed by atoms with Crippen LogP contribution in [0.1, 0.15) is 25.1 Å². The van der Waals surface area contributed by atoms with E-state index < -0.39 is 0 Å². The zero-order valence-corrected chi connectivity index (χ0v) is 15.4. The highest BCUT2D eigenvalue weighted by Gasteiger charge is 2.19. The van der Waals surface area contributed by atoms with Gasteiger partial charge < -0.3 is 4.90 Å². The third kappa shape index (κ3) is 4.10. The fourth-order valence-electron chi connectivity index (χ4n) is 2.50. The highest BCUT2D eigenvalue weighted by atomic mass is 32.1. The first-order chi connectivity index (χ1) is 11.6. The number of nitrogens with zero attached hydrogens (tertiary/aromatic N) is 2. The molecule has 124 valence electrons. The van der Waals surface area contributed by atoms with E-state index in [1.165, 1.54) is 0 Å². The van der Waals surface area contributed by atoms with Crippen LogP contribution in [-0.4, -0.2) is 21.8 Å². The van der Waals surface area contributed by atoms with Gasteiger partial charge in [0.15, 0.2) is 0 Å². The molecule has 5 heteroatoms. The fraction of sp³-hybridized carbons (Fsp3) is 0.263. The monoisotopic (exact) mass is 356 g/mol. The smallest absolute Gasteiger partial charge is 0.229 e. The quantitative estimate of drug-likeness (QED) is 0.632. The molecule has 3 aromatic rings. The average molecular weight is 357 g/mol. The van der Waals surface area contributed by atoms with Gasteiger partial charge in [0.2, 0.25) is 5.91 Å². The zero-order valence-electron chi connectivity index (χ0n) is 13.8. The number of thiophene rings is 1. The second-order valence-electron chi connectivity index (χ2n) is 5.90. The van der Waals surface area contributed by atoms with Gasteiger partial charge in [-0.3, -0.25) is 4.79 Å². The molecule has 0 unspecified atom stereocenters. The highest BCUT2D eigenvalue weighted by molar-refractivity contribution is 7.20. The number of rotatable bonds is 6. The number of aromatic nitrogens is 1. The largest absolute Gasteiger partial charge is 0.336 e. The summed E-state index contributed by atoms with van der Waals surface area (Å²) in [6.07, 6.45) is 0.354. The van der Waals surface area contributed by atoms with Crippen molar-refractivity contribution in [3.63, 3.8) is 0 Å².